The molecule has 2 aromatic heterocycles. The Balaban J connectivity index is 2.33. The van der Waals surface area contributed by atoms with Crippen molar-refractivity contribution >= 4 is 32.5 Å². The van der Waals surface area contributed by atoms with Gasteiger partial charge in [-0.1, -0.05) is 0 Å². The Morgan fingerprint density at radius 3 is 2.67 bits per heavy atom. The topological polar surface area (TPSA) is 86.7 Å². The van der Waals surface area contributed by atoms with Crippen LogP contribution in [-0.4, -0.2) is 24.7 Å². The van der Waals surface area contributed by atoms with E-state index in [1.54, 1.807) is 10.7 Å². The third-order valence-electron chi connectivity index (χ3n) is 3.21. The first-order valence-electron chi connectivity index (χ1n) is 6.10. The van der Waals surface area contributed by atoms with E-state index in [1.165, 1.54) is 18.5 Å². The van der Waals surface area contributed by atoms with Crippen molar-refractivity contribution in [3.8, 4) is 5.82 Å². The molecule has 21 heavy (non-hydrogen) atoms. The summed E-state index contributed by atoms with van der Waals surface area (Å²) in [6.45, 7) is 3.77. The second-order valence-electron chi connectivity index (χ2n) is 4.55. The third kappa shape index (κ3) is 2.17. The van der Waals surface area contributed by atoms with Crippen molar-refractivity contribution < 1.29 is 4.92 Å². The summed E-state index contributed by atoms with van der Waals surface area (Å²) in [6, 6.07) is 4.50. The van der Waals surface area contributed by atoms with Gasteiger partial charge in [-0.15, -0.1) is 0 Å². The van der Waals surface area contributed by atoms with Gasteiger partial charge in [0.15, 0.2) is 5.82 Å². The lowest BCUT2D eigenvalue weighted by atomic mass is 10.2. The summed E-state index contributed by atoms with van der Waals surface area (Å²) in [5.41, 5.74) is 2.33. The molecule has 0 unspecified atom stereocenters. The third-order valence-corrected chi connectivity index (χ3v) is 4.36. The molecule has 3 rings (SSSR count). The molecule has 0 fully saturated rings. The number of benzene rings is 1. The highest BCUT2D eigenvalue weighted by molar-refractivity contribution is 9.10. The molecule has 2 heterocycles. The molecule has 0 bridgehead atoms. The van der Waals surface area contributed by atoms with Gasteiger partial charge in [-0.05, 0) is 35.8 Å². The van der Waals surface area contributed by atoms with Crippen LogP contribution >= 0.6 is 15.9 Å². The van der Waals surface area contributed by atoms with E-state index in [4.69, 9.17) is 0 Å². The molecule has 106 valence electrons. The van der Waals surface area contributed by atoms with Crippen molar-refractivity contribution in [2.75, 3.05) is 0 Å². The van der Waals surface area contributed by atoms with Gasteiger partial charge in [0.25, 0.3) is 5.69 Å². The summed E-state index contributed by atoms with van der Waals surface area (Å²) in [5.74, 6) is 0.523. The maximum absolute atomic E-state index is 11.0. The van der Waals surface area contributed by atoms with E-state index in [9.17, 15) is 10.1 Å². The largest absolute Gasteiger partial charge is 0.270 e. The summed E-state index contributed by atoms with van der Waals surface area (Å²) in [6.07, 6.45) is 1.42. The monoisotopic (exact) mass is 347 g/mol. The minimum atomic E-state index is -0.437. The van der Waals surface area contributed by atoms with Crippen molar-refractivity contribution in [3.63, 3.8) is 0 Å². The van der Waals surface area contributed by atoms with E-state index in [-0.39, 0.29) is 5.69 Å². The summed E-state index contributed by atoms with van der Waals surface area (Å²) in [7, 11) is 0. The molecule has 3 aromatic rings. The predicted octanol–water partition coefficient (Wildman–Crippen LogP) is 3.10. The van der Waals surface area contributed by atoms with Crippen LogP contribution < -0.4 is 0 Å². The Bertz CT molecular complexity index is 874. The van der Waals surface area contributed by atoms with Crippen LogP contribution in [0.1, 0.15) is 11.4 Å². The second-order valence-corrected chi connectivity index (χ2v) is 5.35. The second kappa shape index (κ2) is 4.88. The molecule has 0 saturated heterocycles. The van der Waals surface area contributed by atoms with Crippen LogP contribution in [0.4, 0.5) is 5.69 Å². The van der Waals surface area contributed by atoms with Crippen LogP contribution in [0.5, 0.6) is 0 Å². The number of nitro benzene ring substituents is 1. The lowest BCUT2D eigenvalue weighted by molar-refractivity contribution is -0.384. The molecule has 0 radical (unpaired) electrons. The van der Waals surface area contributed by atoms with Gasteiger partial charge in [0, 0.05) is 12.1 Å². The number of hydrogen-bond acceptors (Lipinski definition) is 5. The molecule has 7 nitrogen and oxygen atoms in total. The highest BCUT2D eigenvalue weighted by Gasteiger charge is 2.16. The first-order valence-corrected chi connectivity index (χ1v) is 6.89. The molecular weight excluding hydrogens is 338 g/mol. The zero-order chi connectivity index (χ0) is 15.1. The van der Waals surface area contributed by atoms with Gasteiger partial charge in [-0.3, -0.25) is 10.1 Å². The molecule has 0 saturated carbocycles. The highest BCUT2D eigenvalue weighted by Crippen LogP contribution is 2.27. The Labute approximate surface area is 127 Å². The molecule has 0 aliphatic carbocycles. The van der Waals surface area contributed by atoms with Gasteiger partial charge < -0.3 is 0 Å². The maximum Gasteiger partial charge on any atom is 0.270 e. The predicted molar refractivity (Wildman–Crippen MR) is 80.5 cm³/mol. The van der Waals surface area contributed by atoms with Crippen LogP contribution in [0.15, 0.2) is 29.0 Å². The quantitative estimate of drug-likeness (QED) is 0.525. The number of fused-ring (bicyclic) bond motifs is 1. The first-order chi connectivity index (χ1) is 9.99. The standard InChI is InChI=1S/C13H10BrN5O2/c1-7-12(14)8(2)18(17-7)13-10-5-9(19(20)21)3-4-11(10)15-6-16-13/h3-6H,1-2H3. The average Bonchev–Trinajstić information content (AvgIpc) is 2.73. The fourth-order valence-corrected chi connectivity index (χ4v) is 2.39. The number of non-ortho nitro benzene ring substituents is 1. The maximum atomic E-state index is 11.0. The number of halogens is 1. The zero-order valence-corrected chi connectivity index (χ0v) is 12.8. The smallest absolute Gasteiger partial charge is 0.258 e. The lowest BCUT2D eigenvalue weighted by Crippen LogP contribution is -2.04. The van der Waals surface area contributed by atoms with Crippen molar-refractivity contribution in [1.82, 2.24) is 19.7 Å². The summed E-state index contributed by atoms with van der Waals surface area (Å²) in [5, 5.41) is 16.0. The van der Waals surface area contributed by atoms with Crippen LogP contribution in [0.3, 0.4) is 0 Å². The minimum absolute atomic E-state index is 0.000790. The Morgan fingerprint density at radius 2 is 2.05 bits per heavy atom. The van der Waals surface area contributed by atoms with Gasteiger partial charge in [0.1, 0.15) is 6.33 Å². The average molecular weight is 348 g/mol. The van der Waals surface area contributed by atoms with Crippen molar-refractivity contribution in [2.24, 2.45) is 0 Å². The Morgan fingerprint density at radius 1 is 1.29 bits per heavy atom. The van der Waals surface area contributed by atoms with E-state index in [0.717, 1.165) is 15.9 Å². The number of aryl methyl sites for hydroxylation is 1. The van der Waals surface area contributed by atoms with Gasteiger partial charge in [0.05, 0.1) is 31.7 Å². The van der Waals surface area contributed by atoms with E-state index in [0.29, 0.717) is 16.7 Å². The van der Waals surface area contributed by atoms with Gasteiger partial charge in [-0.25, -0.2) is 14.6 Å². The highest BCUT2D eigenvalue weighted by atomic mass is 79.9. The van der Waals surface area contributed by atoms with Crippen LogP contribution in [0, 0.1) is 24.0 Å². The SMILES string of the molecule is Cc1nn(-c2ncnc3ccc([N+](=O)[O-])cc23)c(C)c1Br. The fraction of sp³-hybridized carbons (Fsp3) is 0.154. The molecule has 1 aromatic carbocycles. The van der Waals surface area contributed by atoms with Gasteiger partial charge in [-0.2, -0.15) is 5.10 Å². The van der Waals surface area contributed by atoms with Crippen molar-refractivity contribution in [2.45, 2.75) is 13.8 Å². The van der Waals surface area contributed by atoms with E-state index in [2.05, 4.69) is 31.0 Å². The summed E-state index contributed by atoms with van der Waals surface area (Å²) >= 11 is 3.46. The lowest BCUT2D eigenvalue weighted by Gasteiger charge is -2.06. The molecule has 0 aliphatic heterocycles. The van der Waals surface area contributed by atoms with Gasteiger partial charge in [0.2, 0.25) is 0 Å². The normalized spacial score (nSPS) is 11.0. The summed E-state index contributed by atoms with van der Waals surface area (Å²) in [4.78, 5) is 18.9. The van der Waals surface area contributed by atoms with Crippen molar-refractivity contribution in [3.05, 3.63) is 50.5 Å². The van der Waals surface area contributed by atoms with Gasteiger partial charge >= 0.3 is 0 Å². The summed E-state index contributed by atoms with van der Waals surface area (Å²) < 4.78 is 2.55. The number of hydrogen-bond donors (Lipinski definition) is 0. The number of aromatic nitrogens is 4. The number of rotatable bonds is 2. The molecule has 0 spiro atoms. The molecule has 0 amide bonds. The number of nitro groups is 1. The Kier molecular flexibility index (Phi) is 3.17. The zero-order valence-electron chi connectivity index (χ0n) is 11.2. The molecule has 0 atom stereocenters. The van der Waals surface area contributed by atoms with Crippen molar-refractivity contribution in [1.29, 1.82) is 0 Å². The molecule has 8 heteroatoms. The van der Waals surface area contributed by atoms with Crippen LogP contribution in [-0.2, 0) is 0 Å². The number of nitrogens with zero attached hydrogens (tertiary/aromatic N) is 5. The van der Waals surface area contributed by atoms with E-state index >= 15 is 0 Å². The van der Waals surface area contributed by atoms with Crippen LogP contribution in [0.25, 0.3) is 16.7 Å². The molecular formula is C13H10BrN5O2. The first kappa shape index (κ1) is 13.6. The molecule has 0 aliphatic rings. The van der Waals surface area contributed by atoms with E-state index in [1.807, 2.05) is 13.8 Å². The van der Waals surface area contributed by atoms with E-state index < -0.39 is 4.92 Å². The van der Waals surface area contributed by atoms with Crippen LogP contribution in [0.2, 0.25) is 0 Å². The molecule has 0 N–H and O–H groups in total. The fourth-order valence-electron chi connectivity index (χ4n) is 2.14. The Hall–Kier alpha value is -2.35. The minimum Gasteiger partial charge on any atom is -0.258 e.